The molecule has 0 fully saturated rings. The van der Waals surface area contributed by atoms with Crippen LogP contribution in [0, 0.1) is 0 Å². The van der Waals surface area contributed by atoms with Crippen molar-refractivity contribution in [1.82, 2.24) is 9.55 Å². The lowest BCUT2D eigenvalue weighted by molar-refractivity contribution is -0.139. The first-order valence-electron chi connectivity index (χ1n) is 6.64. The Hall–Kier alpha value is -1.74. The van der Waals surface area contributed by atoms with E-state index in [0.29, 0.717) is 10.9 Å². The molecule has 1 unspecified atom stereocenters. The normalized spacial score (nSPS) is 14.6. The number of sulfone groups is 1. The van der Waals surface area contributed by atoms with Crippen LogP contribution in [0.5, 0.6) is 0 Å². The molecule has 0 bridgehead atoms. The fraction of sp³-hybridized carbons (Fsp3) is 0.357. The third kappa shape index (κ3) is 3.30. The number of aromatic nitrogens is 2. The van der Waals surface area contributed by atoms with E-state index in [2.05, 4.69) is 20.9 Å². The molecule has 1 aromatic carbocycles. The van der Waals surface area contributed by atoms with Crippen molar-refractivity contribution in [2.75, 3.05) is 6.26 Å². The molecular weight excluding hydrogens is 388 g/mol. The smallest absolute Gasteiger partial charge is 0.324 e. The summed E-state index contributed by atoms with van der Waals surface area (Å²) in [5, 5.41) is 9.61. The predicted molar refractivity (Wildman–Crippen MR) is 89.2 cm³/mol. The summed E-state index contributed by atoms with van der Waals surface area (Å²) in [5.41, 5.74) is 0.161. The Morgan fingerprint density at radius 3 is 2.65 bits per heavy atom. The number of hydrogen-bond donors (Lipinski definition) is 1. The Kier molecular flexibility index (Phi) is 4.63. The van der Waals surface area contributed by atoms with Crippen molar-refractivity contribution in [3.05, 3.63) is 39.4 Å². The summed E-state index contributed by atoms with van der Waals surface area (Å²) in [7, 11) is -3.84. The van der Waals surface area contributed by atoms with E-state index in [0.717, 1.165) is 17.7 Å². The van der Waals surface area contributed by atoms with Gasteiger partial charge in [-0.2, -0.15) is 0 Å². The summed E-state index contributed by atoms with van der Waals surface area (Å²) >= 11 is 3.29. The number of fused-ring (bicyclic) bond motifs is 1. The molecule has 1 heterocycles. The van der Waals surface area contributed by atoms with E-state index in [-0.39, 0.29) is 18.5 Å². The molecule has 2 aromatic rings. The zero-order valence-corrected chi connectivity index (χ0v) is 14.9. The Labute approximate surface area is 141 Å². The number of aryl methyl sites for hydroxylation is 1. The molecule has 0 spiro atoms. The van der Waals surface area contributed by atoms with Gasteiger partial charge in [0.05, 0.1) is 17.2 Å². The molecule has 124 valence electrons. The lowest BCUT2D eigenvalue weighted by Crippen LogP contribution is -2.44. The van der Waals surface area contributed by atoms with E-state index in [9.17, 15) is 23.1 Å². The van der Waals surface area contributed by atoms with Crippen LogP contribution >= 0.6 is 15.9 Å². The highest BCUT2D eigenvalue weighted by Crippen LogP contribution is 2.22. The Balaban J connectivity index is 2.40. The molecule has 0 aliphatic heterocycles. The highest BCUT2D eigenvalue weighted by atomic mass is 79.9. The molecule has 0 radical (unpaired) electrons. The fourth-order valence-electron chi connectivity index (χ4n) is 2.08. The van der Waals surface area contributed by atoms with Gasteiger partial charge in [-0.15, -0.1) is 0 Å². The van der Waals surface area contributed by atoms with Gasteiger partial charge >= 0.3 is 5.97 Å². The molecule has 23 heavy (non-hydrogen) atoms. The summed E-state index contributed by atoms with van der Waals surface area (Å²) in [6.45, 7) is 1.08. The minimum Gasteiger partial charge on any atom is -0.480 e. The fourth-order valence-corrected chi connectivity index (χ4v) is 3.20. The first kappa shape index (κ1) is 17.6. The number of hydrogen-bond acceptors (Lipinski definition) is 5. The van der Waals surface area contributed by atoms with Crippen LogP contribution in [-0.4, -0.2) is 40.0 Å². The lowest BCUT2D eigenvalue weighted by Gasteiger charge is -2.22. The molecule has 0 saturated heterocycles. The van der Waals surface area contributed by atoms with Gasteiger partial charge in [0.15, 0.2) is 14.6 Å². The zero-order chi connectivity index (χ0) is 17.4. The van der Waals surface area contributed by atoms with Gasteiger partial charge in [-0.1, -0.05) is 15.9 Å². The number of rotatable bonds is 5. The Bertz CT molecular complexity index is 938. The van der Waals surface area contributed by atoms with Gasteiger partial charge in [-0.3, -0.25) is 14.2 Å². The average molecular weight is 403 g/mol. The van der Waals surface area contributed by atoms with Crippen LogP contribution in [0.3, 0.4) is 0 Å². The first-order chi connectivity index (χ1) is 10.6. The van der Waals surface area contributed by atoms with Gasteiger partial charge in [0, 0.05) is 17.3 Å². The van der Waals surface area contributed by atoms with Crippen molar-refractivity contribution in [1.29, 1.82) is 0 Å². The second kappa shape index (κ2) is 6.04. The number of benzene rings is 1. The monoisotopic (exact) mass is 402 g/mol. The largest absolute Gasteiger partial charge is 0.480 e. The molecule has 0 aliphatic carbocycles. The van der Waals surface area contributed by atoms with Gasteiger partial charge in [-0.25, -0.2) is 13.4 Å². The van der Waals surface area contributed by atoms with Crippen molar-refractivity contribution in [2.24, 2.45) is 0 Å². The molecule has 7 nitrogen and oxygen atoms in total. The van der Waals surface area contributed by atoms with Crippen LogP contribution < -0.4 is 5.56 Å². The quantitative estimate of drug-likeness (QED) is 0.810. The van der Waals surface area contributed by atoms with Crippen LogP contribution in [0.15, 0.2) is 33.8 Å². The second-order valence-corrected chi connectivity index (χ2v) is 8.82. The van der Waals surface area contributed by atoms with Crippen LogP contribution in [0.25, 0.3) is 10.9 Å². The van der Waals surface area contributed by atoms with Gasteiger partial charge in [-0.05, 0) is 31.5 Å². The number of halogens is 1. The maximum Gasteiger partial charge on any atom is 0.324 e. The summed E-state index contributed by atoms with van der Waals surface area (Å²) in [5.74, 6) is -1.44. The lowest BCUT2D eigenvalue weighted by atomic mass is 10.1. The third-order valence-electron chi connectivity index (χ3n) is 3.89. The van der Waals surface area contributed by atoms with Gasteiger partial charge < -0.3 is 5.11 Å². The van der Waals surface area contributed by atoms with Crippen molar-refractivity contribution in [3.8, 4) is 0 Å². The topological polar surface area (TPSA) is 106 Å². The second-order valence-electron chi connectivity index (χ2n) is 5.46. The Morgan fingerprint density at radius 1 is 1.43 bits per heavy atom. The van der Waals surface area contributed by atoms with Crippen LogP contribution in [-0.2, 0) is 21.2 Å². The predicted octanol–water partition coefficient (Wildman–Crippen LogP) is 1.44. The summed E-state index contributed by atoms with van der Waals surface area (Å²) in [4.78, 5) is 27.9. The minimum absolute atomic E-state index is 0.0618. The molecule has 1 atom stereocenters. The number of nitrogens with zero attached hydrogens (tertiary/aromatic N) is 2. The number of carboxylic acid groups (broad SMARTS) is 1. The van der Waals surface area contributed by atoms with Gasteiger partial charge in [0.2, 0.25) is 0 Å². The number of carboxylic acids is 1. The highest BCUT2D eigenvalue weighted by molar-refractivity contribution is 9.10. The van der Waals surface area contributed by atoms with E-state index >= 15 is 0 Å². The molecule has 2 rings (SSSR count). The third-order valence-corrected chi connectivity index (χ3v) is 6.40. The standard InChI is InChI=1S/C14H15BrN2O5S/c1-14(13(19)20,23(2,21)22)5-6-17-8-16-11-7-9(15)3-4-10(11)12(17)18/h3-4,7-8H,5-6H2,1-2H3,(H,19,20). The van der Waals surface area contributed by atoms with Crippen LogP contribution in [0.2, 0.25) is 0 Å². The molecular formula is C14H15BrN2O5S. The van der Waals surface area contributed by atoms with Crippen molar-refractivity contribution in [2.45, 2.75) is 24.6 Å². The SMILES string of the molecule is CC(CCn1cnc2cc(Br)ccc2c1=O)(C(=O)O)S(C)(=O)=O. The first-order valence-corrected chi connectivity index (χ1v) is 9.32. The maximum atomic E-state index is 12.4. The van der Waals surface area contributed by atoms with Crippen molar-refractivity contribution < 1.29 is 18.3 Å². The van der Waals surface area contributed by atoms with E-state index in [4.69, 9.17) is 0 Å². The average Bonchev–Trinajstić information content (AvgIpc) is 2.44. The molecule has 1 N–H and O–H groups in total. The molecule has 9 heteroatoms. The zero-order valence-electron chi connectivity index (χ0n) is 12.5. The van der Waals surface area contributed by atoms with Crippen LogP contribution in [0.4, 0.5) is 0 Å². The molecule has 0 saturated carbocycles. The van der Waals surface area contributed by atoms with E-state index in [1.54, 1.807) is 18.2 Å². The number of aliphatic carboxylic acids is 1. The van der Waals surface area contributed by atoms with Gasteiger partial charge in [0.1, 0.15) is 0 Å². The molecule has 0 aliphatic rings. The molecule has 1 aromatic heterocycles. The van der Waals surface area contributed by atoms with E-state index < -0.39 is 20.6 Å². The van der Waals surface area contributed by atoms with Gasteiger partial charge in [0.25, 0.3) is 5.56 Å². The summed E-state index contributed by atoms with van der Waals surface area (Å²) in [6.07, 6.45) is 1.94. The van der Waals surface area contributed by atoms with Crippen molar-refractivity contribution in [3.63, 3.8) is 0 Å². The van der Waals surface area contributed by atoms with Crippen LogP contribution in [0.1, 0.15) is 13.3 Å². The number of carbonyl (C=O) groups is 1. The van der Waals surface area contributed by atoms with E-state index in [1.165, 1.54) is 10.9 Å². The molecule has 0 amide bonds. The highest BCUT2D eigenvalue weighted by Gasteiger charge is 2.43. The summed E-state index contributed by atoms with van der Waals surface area (Å²) < 4.78 is 23.6. The maximum absolute atomic E-state index is 12.4. The van der Waals surface area contributed by atoms with E-state index in [1.807, 2.05) is 0 Å². The minimum atomic E-state index is -3.84. The van der Waals surface area contributed by atoms with Crippen molar-refractivity contribution >= 4 is 42.6 Å². The Morgan fingerprint density at radius 2 is 2.09 bits per heavy atom. The summed E-state index contributed by atoms with van der Waals surface area (Å²) in [6, 6.07) is 5.00.